The fourth-order valence-corrected chi connectivity index (χ4v) is 1.02. The second-order valence-electron chi connectivity index (χ2n) is 2.48. The highest BCUT2D eigenvalue weighted by Gasteiger charge is 2.13. The summed E-state index contributed by atoms with van der Waals surface area (Å²) in [5.74, 6) is -1.27. The number of rotatable bonds is 2. The van der Waals surface area contributed by atoms with Crippen LogP contribution in [-0.2, 0) is 9.53 Å². The number of anilines is 1. The molecule has 0 aliphatic carbocycles. The van der Waals surface area contributed by atoms with Crippen molar-refractivity contribution in [2.24, 2.45) is 0 Å². The smallest absolute Gasteiger partial charge is 0.347 e. The SMILES string of the molecule is Nc1ccccc1C(=O)OC(=O)CI. The first-order chi connectivity index (χ1) is 6.65. The van der Waals surface area contributed by atoms with E-state index < -0.39 is 11.9 Å². The number of carbonyl (C=O) groups excluding carboxylic acids is 2. The Bertz CT molecular complexity index is 365. The van der Waals surface area contributed by atoms with Crippen LogP contribution < -0.4 is 5.73 Å². The molecule has 1 aromatic carbocycles. The van der Waals surface area contributed by atoms with Crippen LogP contribution in [-0.4, -0.2) is 16.4 Å². The van der Waals surface area contributed by atoms with E-state index in [9.17, 15) is 9.59 Å². The molecule has 0 aliphatic heterocycles. The second-order valence-corrected chi connectivity index (χ2v) is 3.25. The van der Waals surface area contributed by atoms with Crippen molar-refractivity contribution in [3.63, 3.8) is 0 Å². The van der Waals surface area contributed by atoms with Crippen LogP contribution in [0.1, 0.15) is 10.4 Å². The van der Waals surface area contributed by atoms with Crippen LogP contribution in [0.4, 0.5) is 5.69 Å². The maximum atomic E-state index is 11.3. The molecule has 0 aromatic heterocycles. The van der Waals surface area contributed by atoms with E-state index in [1.165, 1.54) is 6.07 Å². The van der Waals surface area contributed by atoms with Gasteiger partial charge in [-0.2, -0.15) is 0 Å². The molecular formula is C9H8INO3. The number of hydrogen-bond donors (Lipinski definition) is 1. The molecule has 0 amide bonds. The topological polar surface area (TPSA) is 69.4 Å². The Balaban J connectivity index is 2.80. The summed E-state index contributed by atoms with van der Waals surface area (Å²) in [5.41, 5.74) is 6.04. The Morgan fingerprint density at radius 3 is 2.57 bits per heavy atom. The first-order valence-electron chi connectivity index (χ1n) is 3.80. The van der Waals surface area contributed by atoms with Gasteiger partial charge in [-0.3, -0.25) is 4.79 Å². The van der Waals surface area contributed by atoms with Gasteiger partial charge in [0.25, 0.3) is 0 Å². The van der Waals surface area contributed by atoms with E-state index in [-0.39, 0.29) is 9.99 Å². The predicted molar refractivity (Wildman–Crippen MR) is 60.2 cm³/mol. The van der Waals surface area contributed by atoms with Crippen LogP contribution in [0.25, 0.3) is 0 Å². The van der Waals surface area contributed by atoms with Crippen LogP contribution in [0.5, 0.6) is 0 Å². The van der Waals surface area contributed by atoms with Gasteiger partial charge < -0.3 is 10.5 Å². The van der Waals surface area contributed by atoms with Crippen molar-refractivity contribution < 1.29 is 14.3 Å². The van der Waals surface area contributed by atoms with Gasteiger partial charge in [0.1, 0.15) is 0 Å². The lowest BCUT2D eigenvalue weighted by Crippen LogP contribution is -2.14. The van der Waals surface area contributed by atoms with Crippen molar-refractivity contribution in [1.82, 2.24) is 0 Å². The third-order valence-electron chi connectivity index (χ3n) is 1.50. The average molecular weight is 305 g/mol. The van der Waals surface area contributed by atoms with Crippen LogP contribution >= 0.6 is 22.6 Å². The summed E-state index contributed by atoms with van der Waals surface area (Å²) in [7, 11) is 0. The van der Waals surface area contributed by atoms with Crippen molar-refractivity contribution >= 4 is 40.2 Å². The number of halogens is 1. The van der Waals surface area contributed by atoms with Crippen molar-refractivity contribution in [2.45, 2.75) is 0 Å². The fraction of sp³-hybridized carbons (Fsp3) is 0.111. The molecular weight excluding hydrogens is 297 g/mol. The summed E-state index contributed by atoms with van der Waals surface area (Å²) in [5, 5.41) is 0. The largest absolute Gasteiger partial charge is 0.398 e. The number of para-hydroxylation sites is 1. The Morgan fingerprint density at radius 2 is 2.00 bits per heavy atom. The van der Waals surface area contributed by atoms with E-state index in [0.29, 0.717) is 5.69 Å². The fourth-order valence-electron chi connectivity index (χ4n) is 0.869. The molecule has 1 rings (SSSR count). The number of carbonyl (C=O) groups is 2. The van der Waals surface area contributed by atoms with Crippen LogP contribution in [0.15, 0.2) is 24.3 Å². The standard InChI is InChI=1S/C9H8INO3/c10-5-8(12)14-9(13)6-3-1-2-4-7(6)11/h1-4H,5,11H2. The first kappa shape index (κ1) is 11.0. The maximum Gasteiger partial charge on any atom is 0.347 e. The molecule has 0 radical (unpaired) electrons. The molecule has 0 bridgehead atoms. The molecule has 4 nitrogen and oxygen atoms in total. The number of benzene rings is 1. The van der Waals surface area contributed by atoms with Gasteiger partial charge in [-0.1, -0.05) is 34.7 Å². The highest BCUT2D eigenvalue weighted by molar-refractivity contribution is 14.1. The van der Waals surface area contributed by atoms with Gasteiger partial charge in [-0.25, -0.2) is 4.79 Å². The van der Waals surface area contributed by atoms with Crippen molar-refractivity contribution in [1.29, 1.82) is 0 Å². The number of ether oxygens (including phenoxy) is 1. The van der Waals surface area contributed by atoms with E-state index in [1.54, 1.807) is 18.2 Å². The van der Waals surface area contributed by atoms with Crippen molar-refractivity contribution in [3.05, 3.63) is 29.8 Å². The molecule has 1 aromatic rings. The minimum atomic E-state index is -0.704. The van der Waals surface area contributed by atoms with E-state index >= 15 is 0 Å². The zero-order valence-electron chi connectivity index (χ0n) is 7.20. The van der Waals surface area contributed by atoms with E-state index in [0.717, 1.165) is 0 Å². The number of esters is 2. The lowest BCUT2D eigenvalue weighted by atomic mass is 10.2. The molecule has 0 spiro atoms. The van der Waals surface area contributed by atoms with E-state index in [2.05, 4.69) is 4.74 Å². The maximum absolute atomic E-state index is 11.3. The van der Waals surface area contributed by atoms with Gasteiger partial charge in [0, 0.05) is 5.69 Å². The zero-order valence-corrected chi connectivity index (χ0v) is 9.35. The number of alkyl halides is 1. The van der Waals surface area contributed by atoms with Gasteiger partial charge in [-0.15, -0.1) is 0 Å². The molecule has 0 saturated heterocycles. The Kier molecular flexibility index (Phi) is 3.87. The first-order valence-corrected chi connectivity index (χ1v) is 5.33. The minimum absolute atomic E-state index is 0.135. The molecule has 0 aliphatic rings. The summed E-state index contributed by atoms with van der Waals surface area (Å²) >= 11 is 1.82. The molecule has 0 atom stereocenters. The van der Waals surface area contributed by atoms with E-state index in [4.69, 9.17) is 5.73 Å². The van der Waals surface area contributed by atoms with E-state index in [1.807, 2.05) is 22.6 Å². The van der Waals surface area contributed by atoms with Crippen molar-refractivity contribution in [3.8, 4) is 0 Å². The third-order valence-corrected chi connectivity index (χ3v) is 2.12. The Labute approximate surface area is 94.6 Å². The highest BCUT2D eigenvalue weighted by atomic mass is 127. The van der Waals surface area contributed by atoms with Crippen molar-refractivity contribution in [2.75, 3.05) is 10.2 Å². The Hall–Kier alpha value is -1.11. The predicted octanol–water partition coefficient (Wildman–Crippen LogP) is 1.39. The zero-order chi connectivity index (χ0) is 10.6. The Morgan fingerprint density at radius 1 is 1.36 bits per heavy atom. The molecule has 74 valence electrons. The number of nitrogen functional groups attached to an aromatic ring is 1. The van der Waals surface area contributed by atoms with Crippen LogP contribution in [0.3, 0.4) is 0 Å². The van der Waals surface area contributed by atoms with Gasteiger partial charge in [-0.05, 0) is 12.1 Å². The van der Waals surface area contributed by atoms with Gasteiger partial charge in [0.05, 0.1) is 9.99 Å². The summed E-state index contributed by atoms with van der Waals surface area (Å²) in [6, 6.07) is 6.44. The molecule has 14 heavy (non-hydrogen) atoms. The molecule has 0 saturated carbocycles. The summed E-state index contributed by atoms with van der Waals surface area (Å²) in [6.45, 7) is 0. The normalized spacial score (nSPS) is 9.50. The summed E-state index contributed by atoms with van der Waals surface area (Å²) in [4.78, 5) is 22.1. The minimum Gasteiger partial charge on any atom is -0.398 e. The number of nitrogens with two attached hydrogens (primary N) is 1. The van der Waals surface area contributed by atoms with Crippen LogP contribution in [0, 0.1) is 0 Å². The van der Waals surface area contributed by atoms with Gasteiger partial charge in [0.2, 0.25) is 0 Å². The molecule has 5 heteroatoms. The summed E-state index contributed by atoms with van der Waals surface area (Å²) < 4.78 is 4.64. The molecule has 0 fully saturated rings. The lowest BCUT2D eigenvalue weighted by Gasteiger charge is -2.03. The second kappa shape index (κ2) is 4.94. The molecule has 0 heterocycles. The highest BCUT2D eigenvalue weighted by Crippen LogP contribution is 2.11. The number of hydrogen-bond acceptors (Lipinski definition) is 4. The molecule has 0 unspecified atom stereocenters. The van der Waals surface area contributed by atoms with Crippen LogP contribution in [0.2, 0.25) is 0 Å². The third kappa shape index (κ3) is 2.69. The lowest BCUT2D eigenvalue weighted by molar-refractivity contribution is -0.134. The average Bonchev–Trinajstić information content (AvgIpc) is 2.18. The summed E-state index contributed by atoms with van der Waals surface area (Å²) in [6.07, 6.45) is 0. The van der Waals surface area contributed by atoms with Gasteiger partial charge in [0.15, 0.2) is 0 Å². The quantitative estimate of drug-likeness (QED) is 0.295. The monoisotopic (exact) mass is 305 g/mol. The van der Waals surface area contributed by atoms with Gasteiger partial charge >= 0.3 is 11.9 Å². The molecule has 2 N–H and O–H groups in total.